The quantitative estimate of drug-likeness (QED) is 0.357. The van der Waals surface area contributed by atoms with Crippen molar-refractivity contribution in [2.45, 2.75) is 6.04 Å². The first-order valence-electron chi connectivity index (χ1n) is 4.47. The molecule has 2 rings (SSSR count). The van der Waals surface area contributed by atoms with Crippen LogP contribution < -0.4 is 21.1 Å². The smallest absolute Gasteiger partial charge is 0.300 e. The summed E-state index contributed by atoms with van der Waals surface area (Å²) in [7, 11) is 0. The maximum absolute atomic E-state index is 11.6. The van der Waals surface area contributed by atoms with Crippen LogP contribution in [0.5, 0.6) is 0 Å². The highest BCUT2D eigenvalue weighted by molar-refractivity contribution is 7.13. The van der Waals surface area contributed by atoms with Crippen molar-refractivity contribution in [2.24, 2.45) is 5.84 Å². The third-order valence-corrected chi connectivity index (χ3v) is 3.17. The average Bonchev–Trinajstić information content (AvgIpc) is 2.69. The standard InChI is InChI=1S/C7H5N5O5S/c8-10-7-9-4-3(18-7)1-2(11(14)15)6(13)5(4)12(16)17/h1-2H,8H2,(H,9,10). The van der Waals surface area contributed by atoms with E-state index in [1.807, 2.05) is 0 Å². The fourth-order valence-corrected chi connectivity index (χ4v) is 2.33. The molecule has 1 aromatic heterocycles. The number of fused-ring (bicyclic) bond motifs is 1. The molecule has 0 fully saturated rings. The van der Waals surface area contributed by atoms with Gasteiger partial charge in [-0.3, -0.25) is 30.4 Å². The number of nitro groups is 2. The Labute approximate surface area is 102 Å². The molecular formula is C7H5N5O5S. The number of carbonyl (C=O) groups excluding carboxylic acids is 1. The van der Waals surface area contributed by atoms with Gasteiger partial charge in [0.1, 0.15) is 0 Å². The van der Waals surface area contributed by atoms with Crippen LogP contribution in [0.25, 0.3) is 11.8 Å². The minimum absolute atomic E-state index is 0.132. The zero-order chi connectivity index (χ0) is 13.4. The van der Waals surface area contributed by atoms with Crippen molar-refractivity contribution in [1.82, 2.24) is 4.98 Å². The second-order valence-corrected chi connectivity index (χ2v) is 4.27. The van der Waals surface area contributed by atoms with E-state index in [9.17, 15) is 25.0 Å². The highest BCUT2D eigenvalue weighted by Gasteiger charge is 2.41. The molecule has 1 aromatic rings. The third-order valence-electron chi connectivity index (χ3n) is 2.22. The van der Waals surface area contributed by atoms with E-state index >= 15 is 0 Å². The number of carbonyl (C=O) groups is 1. The summed E-state index contributed by atoms with van der Waals surface area (Å²) in [5, 5.41) is 21.4. The van der Waals surface area contributed by atoms with Gasteiger partial charge in [-0.25, -0.2) is 10.8 Å². The fourth-order valence-electron chi connectivity index (χ4n) is 1.49. The molecule has 1 atom stereocenters. The summed E-state index contributed by atoms with van der Waals surface area (Å²) < 4.78 is 0.177. The van der Waals surface area contributed by atoms with Crippen LogP contribution in [0.3, 0.4) is 0 Å². The van der Waals surface area contributed by atoms with Crippen LogP contribution in [0.15, 0.2) is 0 Å². The number of Topliss-reactive ketones (excluding diaryl/α,β-unsaturated/α-hetero) is 1. The lowest BCUT2D eigenvalue weighted by Crippen LogP contribution is -2.43. The maximum atomic E-state index is 11.6. The number of thiazole rings is 1. The lowest BCUT2D eigenvalue weighted by Gasteiger charge is -2.04. The van der Waals surface area contributed by atoms with Gasteiger partial charge in [0.25, 0.3) is 0 Å². The number of hydrogen-bond donors (Lipinski definition) is 2. The van der Waals surface area contributed by atoms with E-state index in [0.29, 0.717) is 0 Å². The number of nitrogen functional groups attached to an aromatic ring is 1. The molecular weight excluding hydrogens is 266 g/mol. The Balaban J connectivity index is 2.81. The van der Waals surface area contributed by atoms with E-state index in [1.165, 1.54) is 0 Å². The van der Waals surface area contributed by atoms with Crippen molar-refractivity contribution >= 4 is 34.0 Å². The lowest BCUT2D eigenvalue weighted by molar-refractivity contribution is -0.491. The molecule has 1 aliphatic rings. The zero-order valence-electron chi connectivity index (χ0n) is 8.52. The Bertz CT molecular complexity index is 679. The Hall–Kier alpha value is -2.40. The van der Waals surface area contributed by atoms with Crippen LogP contribution in [-0.2, 0) is 4.79 Å². The zero-order valence-corrected chi connectivity index (χ0v) is 9.34. The summed E-state index contributed by atoms with van der Waals surface area (Å²) in [4.78, 5) is 35.0. The molecule has 0 saturated heterocycles. The Morgan fingerprint density at radius 1 is 1.44 bits per heavy atom. The molecule has 1 unspecified atom stereocenters. The largest absolute Gasteiger partial charge is 0.346 e. The minimum atomic E-state index is -1.76. The van der Waals surface area contributed by atoms with Crippen molar-refractivity contribution in [1.29, 1.82) is 0 Å². The molecule has 0 aromatic carbocycles. The molecule has 3 N–H and O–H groups in total. The first kappa shape index (κ1) is 12.1. The number of hydrazine groups is 1. The summed E-state index contributed by atoms with van der Waals surface area (Å²) in [5.41, 5.74) is 1.29. The van der Waals surface area contributed by atoms with Gasteiger partial charge in [0.15, 0.2) is 10.5 Å². The summed E-state index contributed by atoms with van der Waals surface area (Å²) in [5.74, 6) is 3.91. The van der Waals surface area contributed by atoms with Crippen molar-refractivity contribution in [3.8, 4) is 0 Å². The molecule has 0 spiro atoms. The topological polar surface area (TPSA) is 154 Å². The number of nitrogens with one attached hydrogen (secondary N) is 1. The SMILES string of the molecule is NNc1nc2c(s1)=CC([N+](=O)[O-])C(=O)C=2[N+](=O)[O-]. The van der Waals surface area contributed by atoms with Crippen LogP contribution in [0.2, 0.25) is 0 Å². The van der Waals surface area contributed by atoms with E-state index < -0.39 is 27.4 Å². The van der Waals surface area contributed by atoms with Crippen LogP contribution in [-0.4, -0.2) is 26.7 Å². The van der Waals surface area contributed by atoms with Crippen LogP contribution in [0.4, 0.5) is 5.13 Å². The second-order valence-electron chi connectivity index (χ2n) is 3.24. The number of aromatic nitrogens is 1. The molecule has 0 radical (unpaired) electrons. The van der Waals surface area contributed by atoms with Crippen LogP contribution in [0.1, 0.15) is 0 Å². The molecule has 18 heavy (non-hydrogen) atoms. The van der Waals surface area contributed by atoms with E-state index in [-0.39, 0.29) is 15.0 Å². The number of nitrogens with two attached hydrogens (primary N) is 1. The average molecular weight is 271 g/mol. The van der Waals surface area contributed by atoms with Crippen molar-refractivity contribution < 1.29 is 14.6 Å². The third kappa shape index (κ3) is 1.70. The molecule has 0 aliphatic heterocycles. The van der Waals surface area contributed by atoms with Crippen molar-refractivity contribution in [3.05, 3.63) is 30.1 Å². The second kappa shape index (κ2) is 4.12. The number of hydrogen-bond acceptors (Lipinski definition) is 9. The summed E-state index contributed by atoms with van der Waals surface area (Å²) >= 11 is 0.895. The number of rotatable bonds is 3. The van der Waals surface area contributed by atoms with Gasteiger partial charge in [0, 0.05) is 11.0 Å². The first-order valence-corrected chi connectivity index (χ1v) is 5.29. The number of nitrogens with zero attached hydrogens (tertiary/aromatic N) is 3. The molecule has 10 nitrogen and oxygen atoms in total. The van der Waals surface area contributed by atoms with E-state index in [4.69, 9.17) is 5.84 Å². The van der Waals surface area contributed by atoms with Gasteiger partial charge in [-0.2, -0.15) is 0 Å². The molecule has 11 heteroatoms. The highest BCUT2D eigenvalue weighted by atomic mass is 32.1. The summed E-state index contributed by atoms with van der Waals surface area (Å²) in [6, 6.07) is -1.76. The van der Waals surface area contributed by atoms with Crippen LogP contribution >= 0.6 is 11.3 Å². The summed E-state index contributed by atoms with van der Waals surface area (Å²) in [6.45, 7) is 0. The Kier molecular flexibility index (Phi) is 2.76. The summed E-state index contributed by atoms with van der Waals surface area (Å²) in [6.07, 6.45) is 1.03. The molecule has 0 bridgehead atoms. The van der Waals surface area contributed by atoms with Gasteiger partial charge in [0.05, 0.1) is 9.46 Å². The van der Waals surface area contributed by atoms with Crippen molar-refractivity contribution in [2.75, 3.05) is 5.43 Å². The predicted molar refractivity (Wildman–Crippen MR) is 59.8 cm³/mol. The predicted octanol–water partition coefficient (Wildman–Crippen LogP) is -2.18. The molecule has 1 heterocycles. The monoisotopic (exact) mass is 271 g/mol. The first-order chi connectivity index (χ1) is 8.45. The normalized spacial score (nSPS) is 17.9. The van der Waals surface area contributed by atoms with Gasteiger partial charge in [-0.15, -0.1) is 0 Å². The van der Waals surface area contributed by atoms with Gasteiger partial charge < -0.3 is 0 Å². The van der Waals surface area contributed by atoms with E-state index in [1.54, 1.807) is 0 Å². The molecule has 0 amide bonds. The van der Waals surface area contributed by atoms with E-state index in [2.05, 4.69) is 10.4 Å². The molecule has 0 saturated carbocycles. The van der Waals surface area contributed by atoms with Gasteiger partial charge >= 0.3 is 17.5 Å². The minimum Gasteiger partial charge on any atom is -0.300 e. The highest BCUT2D eigenvalue weighted by Crippen LogP contribution is 2.11. The molecule has 94 valence electrons. The van der Waals surface area contributed by atoms with Gasteiger partial charge in [0.2, 0.25) is 0 Å². The maximum Gasteiger partial charge on any atom is 0.346 e. The van der Waals surface area contributed by atoms with Gasteiger partial charge in [-0.1, -0.05) is 11.3 Å². The number of ketones is 1. The Morgan fingerprint density at radius 2 is 2.11 bits per heavy atom. The van der Waals surface area contributed by atoms with E-state index in [0.717, 1.165) is 17.4 Å². The molecule has 1 aliphatic carbocycles. The van der Waals surface area contributed by atoms with Crippen molar-refractivity contribution in [3.63, 3.8) is 0 Å². The number of anilines is 1. The Morgan fingerprint density at radius 3 is 2.61 bits per heavy atom. The fraction of sp³-hybridized carbons (Fsp3) is 0.143. The lowest BCUT2D eigenvalue weighted by atomic mass is 10.1. The van der Waals surface area contributed by atoms with Crippen LogP contribution in [0, 0.1) is 20.2 Å². The van der Waals surface area contributed by atoms with Gasteiger partial charge in [-0.05, 0) is 0 Å².